The van der Waals surface area contributed by atoms with Gasteiger partial charge in [0, 0.05) is 6.07 Å². The number of fused-ring (bicyclic) bond motifs is 1. The molecule has 102 valence electrons. The second-order valence-corrected chi connectivity index (χ2v) is 4.57. The van der Waals surface area contributed by atoms with Crippen LogP contribution < -0.4 is 10.5 Å². The van der Waals surface area contributed by atoms with Crippen LogP contribution in [-0.4, -0.2) is 4.98 Å². The number of oxazole rings is 1. The van der Waals surface area contributed by atoms with E-state index in [1.54, 1.807) is 24.3 Å². The maximum atomic E-state index is 13.3. The van der Waals surface area contributed by atoms with Crippen LogP contribution in [0.25, 0.3) is 11.1 Å². The lowest BCUT2D eigenvalue weighted by Gasteiger charge is -2.03. The topological polar surface area (TPSA) is 61.3 Å². The second-order valence-electron chi connectivity index (χ2n) is 4.17. The maximum absolute atomic E-state index is 13.3. The Hall–Kier alpha value is -2.27. The van der Waals surface area contributed by atoms with Crippen LogP contribution >= 0.6 is 11.6 Å². The number of nitrogen functional groups attached to an aromatic ring is 1. The van der Waals surface area contributed by atoms with Crippen LogP contribution in [0.3, 0.4) is 0 Å². The molecule has 6 heteroatoms. The van der Waals surface area contributed by atoms with Gasteiger partial charge in [-0.2, -0.15) is 0 Å². The highest BCUT2D eigenvalue weighted by Gasteiger charge is 2.09. The van der Waals surface area contributed by atoms with Gasteiger partial charge in [-0.05, 0) is 24.3 Å². The predicted octanol–water partition coefficient (Wildman–Crippen LogP) is 3.78. The molecule has 0 saturated heterocycles. The zero-order chi connectivity index (χ0) is 14.1. The van der Waals surface area contributed by atoms with E-state index in [0.29, 0.717) is 28.4 Å². The van der Waals surface area contributed by atoms with E-state index < -0.39 is 5.82 Å². The molecule has 0 saturated carbocycles. The minimum atomic E-state index is -0.536. The first kappa shape index (κ1) is 12.7. The second kappa shape index (κ2) is 5.02. The van der Waals surface area contributed by atoms with Gasteiger partial charge >= 0.3 is 0 Å². The van der Waals surface area contributed by atoms with Gasteiger partial charge in [-0.3, -0.25) is 0 Å². The quantitative estimate of drug-likeness (QED) is 0.746. The van der Waals surface area contributed by atoms with E-state index in [-0.39, 0.29) is 11.6 Å². The van der Waals surface area contributed by atoms with E-state index in [1.165, 1.54) is 12.1 Å². The van der Waals surface area contributed by atoms with E-state index >= 15 is 0 Å². The number of halogens is 2. The van der Waals surface area contributed by atoms with E-state index in [9.17, 15) is 4.39 Å². The van der Waals surface area contributed by atoms with Crippen LogP contribution in [0.15, 0.2) is 40.8 Å². The number of hydrogen-bond donors (Lipinski definition) is 1. The number of ether oxygens (including phenoxy) is 1. The van der Waals surface area contributed by atoms with E-state index in [1.807, 2.05) is 0 Å². The van der Waals surface area contributed by atoms with Gasteiger partial charge in [0.15, 0.2) is 12.2 Å². The highest BCUT2D eigenvalue weighted by Crippen LogP contribution is 2.23. The molecule has 0 aliphatic rings. The normalized spacial score (nSPS) is 10.9. The van der Waals surface area contributed by atoms with Crippen LogP contribution in [0, 0.1) is 5.82 Å². The average molecular weight is 293 g/mol. The van der Waals surface area contributed by atoms with Crippen molar-refractivity contribution >= 4 is 28.4 Å². The van der Waals surface area contributed by atoms with E-state index in [4.69, 9.17) is 26.5 Å². The molecule has 1 aromatic heterocycles. The van der Waals surface area contributed by atoms with Gasteiger partial charge in [0.25, 0.3) is 0 Å². The molecular formula is C14H10ClFN2O2. The molecule has 0 aliphatic heterocycles. The van der Waals surface area contributed by atoms with Crippen molar-refractivity contribution in [2.45, 2.75) is 6.61 Å². The van der Waals surface area contributed by atoms with Crippen LogP contribution in [0.5, 0.6) is 5.75 Å². The molecule has 3 aromatic rings. The van der Waals surface area contributed by atoms with E-state index in [2.05, 4.69) is 4.98 Å². The summed E-state index contributed by atoms with van der Waals surface area (Å²) in [6, 6.07) is 9.49. The minimum absolute atomic E-state index is 0.0481. The fraction of sp³-hybridized carbons (Fsp3) is 0.0714. The largest absolute Gasteiger partial charge is 0.484 e. The highest BCUT2D eigenvalue weighted by molar-refractivity contribution is 6.30. The third-order valence-corrected chi connectivity index (χ3v) is 3.05. The Morgan fingerprint density at radius 3 is 2.90 bits per heavy atom. The summed E-state index contributed by atoms with van der Waals surface area (Å²) in [5.74, 6) is 0.182. The summed E-state index contributed by atoms with van der Waals surface area (Å²) in [5.41, 5.74) is 7.50. The van der Waals surface area contributed by atoms with Crippen molar-refractivity contribution in [2.75, 3.05) is 5.73 Å². The summed E-state index contributed by atoms with van der Waals surface area (Å²) in [6.07, 6.45) is 0. The summed E-state index contributed by atoms with van der Waals surface area (Å²) in [6.45, 7) is 0.0786. The molecule has 0 unspecified atom stereocenters. The number of nitrogens with two attached hydrogens (primary N) is 1. The molecule has 0 radical (unpaired) electrons. The first-order valence-corrected chi connectivity index (χ1v) is 6.23. The molecule has 4 nitrogen and oxygen atoms in total. The molecule has 0 spiro atoms. The summed E-state index contributed by atoms with van der Waals surface area (Å²) in [7, 11) is 0. The van der Waals surface area contributed by atoms with Crippen molar-refractivity contribution in [3.8, 4) is 5.75 Å². The Labute approximate surface area is 118 Å². The number of rotatable bonds is 3. The van der Waals surface area contributed by atoms with Crippen molar-refractivity contribution in [2.24, 2.45) is 0 Å². The monoisotopic (exact) mass is 292 g/mol. The Kier molecular flexibility index (Phi) is 3.20. The first-order chi connectivity index (χ1) is 9.63. The number of anilines is 1. The standard InChI is InChI=1S/C14H10ClFN2O2/c15-9-5-4-8(6-10(9)16)19-7-13-18-14-11(17)2-1-3-12(14)20-13/h1-6H,7,17H2. The Morgan fingerprint density at radius 2 is 2.15 bits per heavy atom. The molecule has 0 aliphatic carbocycles. The lowest BCUT2D eigenvalue weighted by atomic mass is 10.3. The molecular weight excluding hydrogens is 283 g/mol. The maximum Gasteiger partial charge on any atom is 0.233 e. The first-order valence-electron chi connectivity index (χ1n) is 5.85. The summed E-state index contributed by atoms with van der Waals surface area (Å²) in [4.78, 5) is 4.23. The van der Waals surface area contributed by atoms with Crippen LogP contribution in [0.4, 0.5) is 10.1 Å². The summed E-state index contributed by atoms with van der Waals surface area (Å²) in [5, 5.41) is 0.0481. The number of hydrogen-bond acceptors (Lipinski definition) is 4. The van der Waals surface area contributed by atoms with Gasteiger partial charge in [0.2, 0.25) is 5.89 Å². The molecule has 2 N–H and O–H groups in total. The Morgan fingerprint density at radius 1 is 1.30 bits per heavy atom. The molecule has 2 aromatic carbocycles. The summed E-state index contributed by atoms with van der Waals surface area (Å²) < 4.78 is 24.1. The van der Waals surface area contributed by atoms with Crippen LogP contribution in [0.2, 0.25) is 5.02 Å². The van der Waals surface area contributed by atoms with Crippen molar-refractivity contribution < 1.29 is 13.5 Å². The molecule has 20 heavy (non-hydrogen) atoms. The van der Waals surface area contributed by atoms with Crippen molar-refractivity contribution in [1.29, 1.82) is 0 Å². The average Bonchev–Trinajstić information content (AvgIpc) is 2.85. The molecule has 0 amide bonds. The summed E-state index contributed by atoms with van der Waals surface area (Å²) >= 11 is 5.59. The third-order valence-electron chi connectivity index (χ3n) is 2.75. The fourth-order valence-corrected chi connectivity index (χ4v) is 1.91. The fourth-order valence-electron chi connectivity index (χ4n) is 1.79. The van der Waals surface area contributed by atoms with Crippen molar-refractivity contribution in [1.82, 2.24) is 4.98 Å². The van der Waals surface area contributed by atoms with Crippen LogP contribution in [0.1, 0.15) is 5.89 Å². The Bertz CT molecular complexity index is 773. The van der Waals surface area contributed by atoms with E-state index in [0.717, 1.165) is 0 Å². The number of para-hydroxylation sites is 1. The number of benzene rings is 2. The highest BCUT2D eigenvalue weighted by atomic mass is 35.5. The SMILES string of the molecule is Nc1cccc2oc(COc3ccc(Cl)c(F)c3)nc12. The van der Waals surface area contributed by atoms with Gasteiger partial charge < -0.3 is 14.9 Å². The third kappa shape index (κ3) is 2.40. The Balaban J connectivity index is 1.79. The van der Waals surface area contributed by atoms with Gasteiger partial charge in [-0.1, -0.05) is 17.7 Å². The number of nitrogens with zero attached hydrogens (tertiary/aromatic N) is 1. The van der Waals surface area contributed by atoms with Gasteiger partial charge in [-0.25, -0.2) is 9.37 Å². The molecule has 3 rings (SSSR count). The molecule has 0 bridgehead atoms. The van der Waals surface area contributed by atoms with Gasteiger partial charge in [0.1, 0.15) is 17.1 Å². The lowest BCUT2D eigenvalue weighted by molar-refractivity contribution is 0.266. The molecule has 1 heterocycles. The lowest BCUT2D eigenvalue weighted by Crippen LogP contribution is -1.96. The molecule has 0 atom stereocenters. The zero-order valence-electron chi connectivity index (χ0n) is 10.3. The number of aromatic nitrogens is 1. The van der Waals surface area contributed by atoms with Crippen molar-refractivity contribution in [3.05, 3.63) is 53.1 Å². The van der Waals surface area contributed by atoms with Crippen molar-refractivity contribution in [3.63, 3.8) is 0 Å². The van der Waals surface area contributed by atoms with Gasteiger partial charge in [-0.15, -0.1) is 0 Å². The smallest absolute Gasteiger partial charge is 0.233 e. The van der Waals surface area contributed by atoms with Gasteiger partial charge in [0.05, 0.1) is 10.7 Å². The zero-order valence-corrected chi connectivity index (χ0v) is 11.0. The van der Waals surface area contributed by atoms with Crippen LogP contribution in [-0.2, 0) is 6.61 Å². The molecule has 0 fully saturated rings. The minimum Gasteiger partial charge on any atom is -0.484 e. The predicted molar refractivity (Wildman–Crippen MR) is 74.2 cm³/mol.